The van der Waals surface area contributed by atoms with Crippen LogP contribution >= 0.6 is 9.90 Å². The van der Waals surface area contributed by atoms with Gasteiger partial charge in [-0.3, -0.25) is 0 Å². The van der Waals surface area contributed by atoms with E-state index in [1.54, 1.807) is 6.92 Å². The summed E-state index contributed by atoms with van der Waals surface area (Å²) in [5, 5.41) is 0. The second kappa shape index (κ2) is 10.6. The van der Waals surface area contributed by atoms with Crippen molar-refractivity contribution >= 4 is 15.9 Å². The zero-order chi connectivity index (χ0) is 5.70. The first-order valence-corrected chi connectivity index (χ1v) is 2.10. The minimum Gasteiger partial charge on any atom is -0.463 e. The molecule has 0 aliphatic carbocycles. The van der Waals surface area contributed by atoms with Crippen LogP contribution in [0.1, 0.15) is 6.92 Å². The van der Waals surface area contributed by atoms with Gasteiger partial charge in [0.2, 0.25) is 0 Å². The van der Waals surface area contributed by atoms with Crippen molar-refractivity contribution in [3.8, 4) is 0 Å². The first-order chi connectivity index (χ1) is 3.31. The summed E-state index contributed by atoms with van der Waals surface area (Å²) in [6.45, 7) is 5.38. The molecule has 0 aromatic carbocycles. The summed E-state index contributed by atoms with van der Waals surface area (Å²) in [5.74, 6) is -0.359. The standard InChI is InChI=1S/C5H8O2.H2O.H3P/c1-3-5(6)7-4-2;;/h3H,1,4H2,2H3;1H2;1H3. The summed E-state index contributed by atoms with van der Waals surface area (Å²) in [5.41, 5.74) is 0. The first-order valence-electron chi connectivity index (χ1n) is 2.10. The van der Waals surface area contributed by atoms with E-state index >= 15 is 0 Å². The zero-order valence-electron chi connectivity index (χ0n) is 5.52. The van der Waals surface area contributed by atoms with Gasteiger partial charge in [0, 0.05) is 6.08 Å². The molecule has 0 rings (SSSR count). The van der Waals surface area contributed by atoms with Crippen molar-refractivity contribution in [2.75, 3.05) is 6.61 Å². The molecule has 0 aromatic rings. The van der Waals surface area contributed by atoms with Gasteiger partial charge in [0.1, 0.15) is 0 Å². The monoisotopic (exact) mass is 152 g/mol. The molecule has 0 saturated heterocycles. The van der Waals surface area contributed by atoms with Gasteiger partial charge in [0.05, 0.1) is 6.61 Å². The molecule has 0 radical (unpaired) electrons. The number of ether oxygens (including phenoxy) is 1. The van der Waals surface area contributed by atoms with Crippen LogP contribution in [0.3, 0.4) is 0 Å². The Kier molecular flexibility index (Phi) is 18.6. The third kappa shape index (κ3) is 11.3. The average molecular weight is 152 g/mol. The van der Waals surface area contributed by atoms with Gasteiger partial charge in [-0.05, 0) is 6.92 Å². The molecule has 4 heteroatoms. The SMILES string of the molecule is C=CC(=O)OCC.O.P. The van der Waals surface area contributed by atoms with E-state index in [2.05, 4.69) is 11.3 Å². The lowest BCUT2D eigenvalue weighted by Gasteiger charge is -1.90. The number of rotatable bonds is 2. The van der Waals surface area contributed by atoms with Crippen LogP contribution in [0.5, 0.6) is 0 Å². The molecule has 0 amide bonds. The van der Waals surface area contributed by atoms with E-state index in [-0.39, 0.29) is 21.3 Å². The van der Waals surface area contributed by atoms with Crippen LogP contribution in [-0.4, -0.2) is 18.1 Å². The predicted molar refractivity (Wildman–Crippen MR) is 41.5 cm³/mol. The van der Waals surface area contributed by atoms with E-state index in [0.717, 1.165) is 6.08 Å². The second-order valence-electron chi connectivity index (χ2n) is 0.956. The molecule has 2 N–H and O–H groups in total. The largest absolute Gasteiger partial charge is 0.463 e. The summed E-state index contributed by atoms with van der Waals surface area (Å²) in [4.78, 5) is 10.1. The van der Waals surface area contributed by atoms with Gasteiger partial charge in [0.15, 0.2) is 0 Å². The molecule has 0 fully saturated rings. The van der Waals surface area contributed by atoms with Crippen LogP contribution in [-0.2, 0) is 9.53 Å². The lowest BCUT2D eigenvalue weighted by Crippen LogP contribution is -1.97. The van der Waals surface area contributed by atoms with E-state index in [4.69, 9.17) is 0 Å². The van der Waals surface area contributed by atoms with Crippen molar-refractivity contribution in [1.82, 2.24) is 0 Å². The molecule has 0 aromatic heterocycles. The molecule has 0 spiro atoms. The third-order valence-electron chi connectivity index (χ3n) is 0.453. The van der Waals surface area contributed by atoms with Crippen molar-refractivity contribution in [3.63, 3.8) is 0 Å². The van der Waals surface area contributed by atoms with Gasteiger partial charge in [-0.1, -0.05) is 6.58 Å². The molecule has 3 nitrogen and oxygen atoms in total. The van der Waals surface area contributed by atoms with Crippen molar-refractivity contribution in [2.45, 2.75) is 6.92 Å². The Hall–Kier alpha value is -0.400. The second-order valence-corrected chi connectivity index (χ2v) is 0.956. The van der Waals surface area contributed by atoms with Crippen LogP contribution in [0.2, 0.25) is 0 Å². The van der Waals surface area contributed by atoms with Crippen LogP contribution in [0.25, 0.3) is 0 Å². The lowest BCUT2D eigenvalue weighted by molar-refractivity contribution is -0.137. The Labute approximate surface area is 58.0 Å². The highest BCUT2D eigenvalue weighted by molar-refractivity contribution is 6.92. The molecule has 0 saturated carbocycles. The third-order valence-corrected chi connectivity index (χ3v) is 0.453. The fraction of sp³-hybridized carbons (Fsp3) is 0.400. The molecule has 0 aliphatic rings. The molecule has 0 heterocycles. The van der Waals surface area contributed by atoms with E-state index in [0.29, 0.717) is 6.61 Å². The smallest absolute Gasteiger partial charge is 0.330 e. The minimum atomic E-state index is -0.359. The predicted octanol–water partition coefficient (Wildman–Crippen LogP) is -0.0311. The van der Waals surface area contributed by atoms with Gasteiger partial charge in [-0.2, -0.15) is 9.90 Å². The summed E-state index contributed by atoms with van der Waals surface area (Å²) < 4.78 is 4.43. The molecule has 56 valence electrons. The van der Waals surface area contributed by atoms with Gasteiger partial charge in [0.25, 0.3) is 0 Å². The minimum absolute atomic E-state index is 0. The Bertz CT molecular complexity index is 82.3. The van der Waals surface area contributed by atoms with Crippen molar-refractivity contribution in [1.29, 1.82) is 0 Å². The van der Waals surface area contributed by atoms with Gasteiger partial charge in [-0.15, -0.1) is 0 Å². The molecule has 0 bridgehead atoms. The van der Waals surface area contributed by atoms with Crippen LogP contribution < -0.4 is 0 Å². The highest BCUT2D eigenvalue weighted by Gasteiger charge is 1.86. The quantitative estimate of drug-likeness (QED) is 0.317. The Morgan fingerprint density at radius 1 is 1.78 bits per heavy atom. The van der Waals surface area contributed by atoms with Crippen molar-refractivity contribution in [3.05, 3.63) is 12.7 Å². The van der Waals surface area contributed by atoms with E-state index < -0.39 is 0 Å². The Morgan fingerprint density at radius 3 is 2.33 bits per heavy atom. The zero-order valence-corrected chi connectivity index (χ0v) is 6.93. The molecular weight excluding hydrogens is 139 g/mol. The van der Waals surface area contributed by atoms with Crippen LogP contribution in [0.4, 0.5) is 0 Å². The first kappa shape index (κ1) is 15.8. The number of hydrogen-bond donors (Lipinski definition) is 0. The van der Waals surface area contributed by atoms with E-state index in [9.17, 15) is 4.79 Å². The Balaban J connectivity index is -0.000000180. The maximum atomic E-state index is 10.1. The van der Waals surface area contributed by atoms with Crippen LogP contribution in [0.15, 0.2) is 12.7 Å². The summed E-state index contributed by atoms with van der Waals surface area (Å²) in [7, 11) is 0. The van der Waals surface area contributed by atoms with Crippen LogP contribution in [0, 0.1) is 0 Å². The molecular formula is C5H13O3P. The van der Waals surface area contributed by atoms with Gasteiger partial charge < -0.3 is 10.2 Å². The van der Waals surface area contributed by atoms with Crippen molar-refractivity contribution in [2.24, 2.45) is 0 Å². The van der Waals surface area contributed by atoms with Gasteiger partial charge >= 0.3 is 5.97 Å². The maximum absolute atomic E-state index is 10.1. The number of hydrogen-bond acceptors (Lipinski definition) is 2. The fourth-order valence-electron chi connectivity index (χ4n) is 0.201. The number of carbonyl (C=O) groups excluding carboxylic acids is 1. The average Bonchev–Trinajstić information content (AvgIpc) is 1.68. The maximum Gasteiger partial charge on any atom is 0.330 e. The lowest BCUT2D eigenvalue weighted by atomic mass is 10.6. The number of carbonyl (C=O) groups is 1. The normalized spacial score (nSPS) is 5.89. The van der Waals surface area contributed by atoms with Crippen molar-refractivity contribution < 1.29 is 15.0 Å². The summed E-state index contributed by atoms with van der Waals surface area (Å²) in [6.07, 6.45) is 1.14. The molecule has 1 unspecified atom stereocenters. The summed E-state index contributed by atoms with van der Waals surface area (Å²) in [6, 6.07) is 0. The molecule has 1 atom stereocenters. The summed E-state index contributed by atoms with van der Waals surface area (Å²) >= 11 is 0. The van der Waals surface area contributed by atoms with Gasteiger partial charge in [-0.25, -0.2) is 4.79 Å². The Morgan fingerprint density at radius 2 is 2.22 bits per heavy atom. The highest BCUT2D eigenvalue weighted by Crippen LogP contribution is 1.74. The van der Waals surface area contributed by atoms with E-state index in [1.807, 2.05) is 0 Å². The fourth-order valence-corrected chi connectivity index (χ4v) is 0.201. The topological polar surface area (TPSA) is 57.8 Å². The number of esters is 1. The van der Waals surface area contributed by atoms with E-state index in [1.165, 1.54) is 0 Å². The highest BCUT2D eigenvalue weighted by atomic mass is 31.0. The molecule has 0 aliphatic heterocycles. The molecule has 9 heavy (non-hydrogen) atoms.